The predicted octanol–water partition coefficient (Wildman–Crippen LogP) is 7.15. The molecule has 0 radical (unpaired) electrons. The van der Waals surface area contributed by atoms with Crippen LogP contribution in [-0.4, -0.2) is 29.2 Å². The van der Waals surface area contributed by atoms with Crippen LogP contribution >= 0.6 is 46.3 Å². The summed E-state index contributed by atoms with van der Waals surface area (Å²) in [6.45, 7) is 0.110. The average Bonchev–Trinajstić information content (AvgIpc) is 3.46. The number of aromatic amines is 1. The van der Waals surface area contributed by atoms with Crippen LogP contribution in [0.1, 0.15) is 27.5 Å². The number of methoxy groups -OCH3 is 1. The Labute approximate surface area is 260 Å². The van der Waals surface area contributed by atoms with Crippen LogP contribution in [0.15, 0.2) is 70.5 Å². The summed E-state index contributed by atoms with van der Waals surface area (Å²) in [4.78, 5) is 43.6. The molecule has 3 aromatic carbocycles. The minimum Gasteiger partial charge on any atom is -0.493 e. The summed E-state index contributed by atoms with van der Waals surface area (Å²) in [5.41, 5.74) is 0.106. The number of thioether (sulfide) groups is 1. The molecule has 0 bridgehead atoms. The van der Waals surface area contributed by atoms with Crippen molar-refractivity contribution in [1.82, 2.24) is 4.98 Å². The van der Waals surface area contributed by atoms with Crippen LogP contribution in [-0.2, 0) is 22.4 Å². The number of ether oxygens (including phenoxy) is 2. The normalized spacial score (nSPS) is 19.8. The van der Waals surface area contributed by atoms with Gasteiger partial charge in [-0.3, -0.25) is 14.4 Å². The molecule has 43 heavy (non-hydrogen) atoms. The number of H-pyrrole nitrogens is 1. The van der Waals surface area contributed by atoms with Gasteiger partial charge in [0, 0.05) is 26.4 Å². The first-order valence-corrected chi connectivity index (χ1v) is 15.1. The summed E-state index contributed by atoms with van der Waals surface area (Å²) in [5.74, 6) is -2.36. The lowest BCUT2D eigenvalue weighted by atomic mass is 9.83. The monoisotopic (exact) mass is 666 g/mol. The van der Waals surface area contributed by atoms with Gasteiger partial charge in [0.25, 0.3) is 0 Å². The smallest absolute Gasteiger partial charge is 0.416 e. The van der Waals surface area contributed by atoms with Crippen LogP contribution in [0, 0.1) is 5.92 Å². The number of carbonyl (C=O) groups is 2. The fourth-order valence-corrected chi connectivity index (χ4v) is 8.22. The molecule has 4 aromatic rings. The van der Waals surface area contributed by atoms with Crippen molar-refractivity contribution in [3.05, 3.63) is 102 Å². The number of halogens is 5. The SMILES string of the molecule is COc1cc([C@@H]2c3sc(=O)[nH]c3S[C@H]3C(=O)N(c4cccc(C(F)(F)F)c4)C(=O)[C@@H]23)ccc1OCc1ccc(Cl)cc1Cl. The second-order valence-corrected chi connectivity index (χ2v) is 12.8. The van der Waals surface area contributed by atoms with Gasteiger partial charge in [-0.15, -0.1) is 0 Å². The highest BCUT2D eigenvalue weighted by Crippen LogP contribution is 2.54. The van der Waals surface area contributed by atoms with E-state index in [0.717, 1.165) is 46.2 Å². The number of hydrogen-bond donors (Lipinski definition) is 1. The van der Waals surface area contributed by atoms with Crippen molar-refractivity contribution in [2.45, 2.75) is 29.0 Å². The van der Waals surface area contributed by atoms with E-state index in [1.807, 2.05) is 0 Å². The van der Waals surface area contributed by atoms with Gasteiger partial charge >= 0.3 is 11.0 Å². The molecule has 7 nitrogen and oxygen atoms in total. The zero-order valence-corrected chi connectivity index (χ0v) is 25.1. The third kappa shape index (κ3) is 5.41. The molecule has 0 aliphatic carbocycles. The molecular weight excluding hydrogens is 648 g/mol. The zero-order chi connectivity index (χ0) is 30.6. The number of rotatable bonds is 6. The number of fused-ring (bicyclic) bond motifs is 2. The van der Waals surface area contributed by atoms with Crippen molar-refractivity contribution >= 4 is 63.8 Å². The van der Waals surface area contributed by atoms with E-state index in [1.165, 1.54) is 13.2 Å². The van der Waals surface area contributed by atoms with Crippen molar-refractivity contribution in [3.63, 3.8) is 0 Å². The number of imide groups is 1. The Kier molecular flexibility index (Phi) is 7.74. The molecule has 6 rings (SSSR count). The lowest BCUT2D eigenvalue weighted by Gasteiger charge is -2.30. The predicted molar refractivity (Wildman–Crippen MR) is 158 cm³/mol. The number of nitrogens with zero attached hydrogens (tertiary/aromatic N) is 1. The van der Waals surface area contributed by atoms with Crippen LogP contribution in [0.5, 0.6) is 11.5 Å². The van der Waals surface area contributed by atoms with Gasteiger partial charge < -0.3 is 14.5 Å². The molecule has 0 unspecified atom stereocenters. The Morgan fingerprint density at radius 2 is 1.77 bits per heavy atom. The van der Waals surface area contributed by atoms with Gasteiger partial charge in [0.15, 0.2) is 11.5 Å². The quantitative estimate of drug-likeness (QED) is 0.220. The topological polar surface area (TPSA) is 88.7 Å². The van der Waals surface area contributed by atoms with E-state index in [4.69, 9.17) is 32.7 Å². The van der Waals surface area contributed by atoms with E-state index in [1.54, 1.807) is 36.4 Å². The van der Waals surface area contributed by atoms with Crippen LogP contribution < -0.4 is 19.2 Å². The maximum Gasteiger partial charge on any atom is 0.416 e. The van der Waals surface area contributed by atoms with Crippen LogP contribution in [0.25, 0.3) is 0 Å². The molecule has 3 atom stereocenters. The number of benzene rings is 3. The molecule has 3 heterocycles. The van der Waals surface area contributed by atoms with Gasteiger partial charge in [-0.25, -0.2) is 4.90 Å². The molecule has 1 saturated heterocycles. The first-order valence-electron chi connectivity index (χ1n) is 12.7. The molecule has 1 aromatic heterocycles. The van der Waals surface area contributed by atoms with Gasteiger partial charge in [0.2, 0.25) is 11.8 Å². The highest BCUT2D eigenvalue weighted by molar-refractivity contribution is 8.00. The van der Waals surface area contributed by atoms with E-state index < -0.39 is 40.6 Å². The van der Waals surface area contributed by atoms with Crippen LogP contribution in [0.3, 0.4) is 0 Å². The standard InChI is InChI=1S/C29H19Cl2F3N2O5S2/c1-40-20-9-13(6-8-19(20)41-12-14-5-7-16(30)11-18(14)31)21-22-24(42-25-23(21)43-28(39)35-25)27(38)36(26(22)37)17-4-2-3-15(10-17)29(32,33)34/h2-11,21-22,24H,12H2,1H3,(H,35,39)/t21-,22-,24+/m0/s1. The summed E-state index contributed by atoms with van der Waals surface area (Å²) >= 11 is 14.2. The van der Waals surface area contributed by atoms with Crippen molar-refractivity contribution < 1.29 is 32.2 Å². The highest BCUT2D eigenvalue weighted by Gasteiger charge is 2.56. The summed E-state index contributed by atoms with van der Waals surface area (Å²) in [7, 11) is 1.44. The summed E-state index contributed by atoms with van der Waals surface area (Å²) in [6, 6.07) is 14.1. The molecular formula is C29H19Cl2F3N2O5S2. The average molecular weight is 668 g/mol. The molecule has 0 spiro atoms. The number of anilines is 1. The maximum absolute atomic E-state index is 13.9. The molecule has 2 aliphatic rings. The van der Waals surface area contributed by atoms with E-state index in [2.05, 4.69) is 4.98 Å². The maximum atomic E-state index is 13.9. The molecule has 222 valence electrons. The lowest BCUT2D eigenvalue weighted by molar-refractivity contribution is -0.137. The number of alkyl halides is 3. The van der Waals surface area contributed by atoms with Crippen molar-refractivity contribution in [3.8, 4) is 11.5 Å². The van der Waals surface area contributed by atoms with E-state index in [0.29, 0.717) is 42.6 Å². The van der Waals surface area contributed by atoms with Crippen LogP contribution in [0.2, 0.25) is 10.0 Å². The van der Waals surface area contributed by atoms with E-state index in [-0.39, 0.29) is 17.2 Å². The zero-order valence-electron chi connectivity index (χ0n) is 21.9. The molecule has 1 fully saturated rings. The number of aromatic nitrogens is 1. The molecule has 2 amide bonds. The third-order valence-corrected chi connectivity index (χ3v) is 10.2. The van der Waals surface area contributed by atoms with Crippen molar-refractivity contribution in [2.24, 2.45) is 5.92 Å². The molecule has 14 heteroatoms. The first kappa shape index (κ1) is 29.6. The summed E-state index contributed by atoms with van der Waals surface area (Å²) in [6.07, 6.45) is -4.66. The largest absolute Gasteiger partial charge is 0.493 e. The number of amides is 2. The van der Waals surface area contributed by atoms with Gasteiger partial charge in [-0.1, -0.05) is 64.5 Å². The Bertz CT molecular complexity index is 1830. The second-order valence-electron chi connectivity index (χ2n) is 9.74. The first-order chi connectivity index (χ1) is 20.5. The Balaban J connectivity index is 1.37. The minimum atomic E-state index is -4.66. The Morgan fingerprint density at radius 1 is 0.977 bits per heavy atom. The number of nitrogens with one attached hydrogen (secondary N) is 1. The number of thiazole rings is 1. The van der Waals surface area contributed by atoms with Crippen molar-refractivity contribution in [1.29, 1.82) is 0 Å². The molecule has 2 aliphatic heterocycles. The summed E-state index contributed by atoms with van der Waals surface area (Å²) < 4.78 is 51.8. The second kappa shape index (κ2) is 11.2. The minimum absolute atomic E-state index is 0.110. The molecule has 0 saturated carbocycles. The van der Waals surface area contributed by atoms with E-state index in [9.17, 15) is 27.6 Å². The van der Waals surface area contributed by atoms with Crippen LogP contribution in [0.4, 0.5) is 18.9 Å². The Morgan fingerprint density at radius 3 is 2.49 bits per heavy atom. The lowest BCUT2D eigenvalue weighted by Crippen LogP contribution is -2.32. The van der Waals surface area contributed by atoms with Crippen molar-refractivity contribution in [2.75, 3.05) is 12.0 Å². The number of carbonyl (C=O) groups excluding carboxylic acids is 2. The summed E-state index contributed by atoms with van der Waals surface area (Å²) in [5, 5.41) is 0.375. The fourth-order valence-electron chi connectivity index (χ4n) is 5.24. The fraction of sp³-hybridized carbons (Fsp3) is 0.207. The van der Waals surface area contributed by atoms with Gasteiger partial charge in [0.1, 0.15) is 11.9 Å². The van der Waals surface area contributed by atoms with Gasteiger partial charge in [-0.05, 0) is 48.0 Å². The highest BCUT2D eigenvalue weighted by atomic mass is 35.5. The Hall–Kier alpha value is -3.45. The number of hydrogen-bond acceptors (Lipinski definition) is 7. The molecule has 1 N–H and O–H groups in total. The van der Waals surface area contributed by atoms with Gasteiger partial charge in [-0.2, -0.15) is 13.2 Å². The third-order valence-electron chi connectivity index (χ3n) is 7.20. The van der Waals surface area contributed by atoms with Gasteiger partial charge in [0.05, 0.1) is 29.3 Å². The van der Waals surface area contributed by atoms with E-state index >= 15 is 0 Å².